The lowest BCUT2D eigenvalue weighted by atomic mass is 9.88. The minimum Gasteiger partial charge on any atom is -0.394 e. The zero-order chi connectivity index (χ0) is 13.9. The molecule has 2 rings (SSSR count). The summed E-state index contributed by atoms with van der Waals surface area (Å²) in [6.45, 7) is 9.52. The van der Waals surface area contributed by atoms with E-state index >= 15 is 0 Å². The Hall–Kier alpha value is -0.160. The van der Waals surface area contributed by atoms with E-state index < -0.39 is 0 Å². The molecule has 0 amide bonds. The Morgan fingerprint density at radius 1 is 1.26 bits per heavy atom. The van der Waals surface area contributed by atoms with Crippen molar-refractivity contribution in [1.29, 1.82) is 0 Å². The molecule has 1 saturated heterocycles. The molecule has 1 aliphatic heterocycles. The number of ether oxygens (including phenoxy) is 1. The Labute approximate surface area is 117 Å². The van der Waals surface area contributed by atoms with Crippen molar-refractivity contribution in [3.63, 3.8) is 0 Å². The standard InChI is InChI=1S/C15H30N2O2/c1-4-16-12-5-7-13(8-6-12)17-9-14(10-18)19-15(2,3)11-17/h12-14,16,18H,4-11H2,1-3H3. The van der Waals surface area contributed by atoms with Gasteiger partial charge in [0.05, 0.1) is 18.3 Å². The van der Waals surface area contributed by atoms with Crippen molar-refractivity contribution in [2.24, 2.45) is 0 Å². The van der Waals surface area contributed by atoms with Gasteiger partial charge in [0, 0.05) is 25.2 Å². The number of aliphatic hydroxyl groups is 1. The van der Waals surface area contributed by atoms with Crippen LogP contribution in [0.2, 0.25) is 0 Å². The molecule has 1 aliphatic carbocycles. The topological polar surface area (TPSA) is 44.7 Å². The number of morpholine rings is 1. The fourth-order valence-corrected chi connectivity index (χ4v) is 3.65. The van der Waals surface area contributed by atoms with Crippen LogP contribution in [0, 0.1) is 0 Å². The van der Waals surface area contributed by atoms with E-state index in [0.29, 0.717) is 12.1 Å². The van der Waals surface area contributed by atoms with Crippen LogP contribution in [0.4, 0.5) is 0 Å². The zero-order valence-electron chi connectivity index (χ0n) is 12.7. The molecular weight excluding hydrogens is 240 g/mol. The Kier molecular flexibility index (Phi) is 5.23. The van der Waals surface area contributed by atoms with Crippen LogP contribution in [0.5, 0.6) is 0 Å². The maximum absolute atomic E-state index is 9.39. The van der Waals surface area contributed by atoms with Gasteiger partial charge in [-0.3, -0.25) is 4.90 Å². The van der Waals surface area contributed by atoms with Gasteiger partial charge in [-0.25, -0.2) is 0 Å². The SMILES string of the molecule is CCNC1CCC(N2CC(CO)OC(C)(C)C2)CC1. The first-order valence-corrected chi connectivity index (χ1v) is 7.80. The third-order valence-electron chi connectivity index (χ3n) is 4.42. The Bertz CT molecular complexity index is 275. The van der Waals surface area contributed by atoms with Gasteiger partial charge in [0.2, 0.25) is 0 Å². The van der Waals surface area contributed by atoms with E-state index in [2.05, 4.69) is 31.0 Å². The molecule has 0 spiro atoms. The lowest BCUT2D eigenvalue weighted by molar-refractivity contribution is -0.159. The van der Waals surface area contributed by atoms with Gasteiger partial charge in [-0.15, -0.1) is 0 Å². The van der Waals surface area contributed by atoms with Gasteiger partial charge >= 0.3 is 0 Å². The molecule has 0 aromatic rings. The number of nitrogens with zero attached hydrogens (tertiary/aromatic N) is 1. The van der Waals surface area contributed by atoms with Crippen LogP contribution in [0.1, 0.15) is 46.5 Å². The molecule has 0 radical (unpaired) electrons. The molecule has 4 nitrogen and oxygen atoms in total. The number of rotatable bonds is 4. The summed E-state index contributed by atoms with van der Waals surface area (Å²) in [5.41, 5.74) is -0.135. The molecule has 0 bridgehead atoms. The van der Waals surface area contributed by atoms with E-state index in [1.54, 1.807) is 0 Å². The number of aliphatic hydroxyl groups excluding tert-OH is 1. The number of hydrogen-bond acceptors (Lipinski definition) is 4. The highest BCUT2D eigenvalue weighted by Crippen LogP contribution is 2.29. The second kappa shape index (κ2) is 6.53. The van der Waals surface area contributed by atoms with Crippen molar-refractivity contribution in [3.8, 4) is 0 Å². The van der Waals surface area contributed by atoms with Crippen molar-refractivity contribution in [1.82, 2.24) is 10.2 Å². The molecule has 2 N–H and O–H groups in total. The Morgan fingerprint density at radius 3 is 2.53 bits per heavy atom. The molecule has 0 aromatic heterocycles. The molecule has 2 fully saturated rings. The summed E-state index contributed by atoms with van der Waals surface area (Å²) in [7, 11) is 0. The molecule has 1 atom stereocenters. The fraction of sp³-hybridized carbons (Fsp3) is 1.00. The summed E-state index contributed by atoms with van der Waals surface area (Å²) in [6, 6.07) is 1.39. The predicted octanol–water partition coefficient (Wildman–Crippen LogP) is 1.38. The summed E-state index contributed by atoms with van der Waals surface area (Å²) >= 11 is 0. The lowest BCUT2D eigenvalue weighted by Gasteiger charge is -2.47. The van der Waals surface area contributed by atoms with Gasteiger partial charge in [0.1, 0.15) is 0 Å². The second-order valence-electron chi connectivity index (χ2n) is 6.67. The summed E-state index contributed by atoms with van der Waals surface area (Å²) < 4.78 is 5.90. The van der Waals surface area contributed by atoms with E-state index in [1.165, 1.54) is 25.7 Å². The average Bonchev–Trinajstić information content (AvgIpc) is 2.38. The second-order valence-corrected chi connectivity index (χ2v) is 6.67. The van der Waals surface area contributed by atoms with E-state index in [9.17, 15) is 5.11 Å². The minimum atomic E-state index is -0.135. The molecule has 112 valence electrons. The maximum Gasteiger partial charge on any atom is 0.0940 e. The lowest BCUT2D eigenvalue weighted by Crippen LogP contribution is -2.57. The molecule has 1 heterocycles. The number of nitrogens with one attached hydrogen (secondary N) is 1. The van der Waals surface area contributed by atoms with Crippen molar-refractivity contribution in [2.45, 2.75) is 70.2 Å². The van der Waals surface area contributed by atoms with Gasteiger partial charge < -0.3 is 15.2 Å². The fourth-order valence-electron chi connectivity index (χ4n) is 3.65. The molecule has 19 heavy (non-hydrogen) atoms. The molecule has 1 saturated carbocycles. The van der Waals surface area contributed by atoms with Gasteiger partial charge in [-0.05, 0) is 46.1 Å². The Morgan fingerprint density at radius 2 is 1.95 bits per heavy atom. The zero-order valence-corrected chi connectivity index (χ0v) is 12.7. The first-order chi connectivity index (χ1) is 9.04. The quantitative estimate of drug-likeness (QED) is 0.810. The van der Waals surface area contributed by atoms with Crippen LogP contribution in [-0.4, -0.2) is 60.0 Å². The molecule has 0 aromatic carbocycles. The Balaban J connectivity index is 1.87. The van der Waals surface area contributed by atoms with Crippen LogP contribution >= 0.6 is 0 Å². The molecule has 4 heteroatoms. The van der Waals surface area contributed by atoms with Crippen molar-refractivity contribution >= 4 is 0 Å². The summed E-state index contributed by atoms with van der Waals surface area (Å²) in [5.74, 6) is 0. The highest BCUT2D eigenvalue weighted by Gasteiger charge is 2.37. The van der Waals surface area contributed by atoms with Crippen LogP contribution in [0.25, 0.3) is 0 Å². The van der Waals surface area contributed by atoms with E-state index in [4.69, 9.17) is 4.74 Å². The maximum atomic E-state index is 9.39. The highest BCUT2D eigenvalue weighted by molar-refractivity contribution is 4.90. The van der Waals surface area contributed by atoms with Crippen molar-refractivity contribution in [3.05, 3.63) is 0 Å². The smallest absolute Gasteiger partial charge is 0.0940 e. The first-order valence-electron chi connectivity index (χ1n) is 7.80. The van der Waals surface area contributed by atoms with Gasteiger partial charge in [-0.1, -0.05) is 6.92 Å². The van der Waals surface area contributed by atoms with Crippen LogP contribution in [-0.2, 0) is 4.74 Å². The van der Waals surface area contributed by atoms with Crippen LogP contribution in [0.15, 0.2) is 0 Å². The van der Waals surface area contributed by atoms with E-state index in [1.807, 2.05) is 0 Å². The molecule has 1 unspecified atom stereocenters. The van der Waals surface area contributed by atoms with Crippen molar-refractivity contribution in [2.75, 3.05) is 26.2 Å². The monoisotopic (exact) mass is 270 g/mol. The largest absolute Gasteiger partial charge is 0.394 e. The van der Waals surface area contributed by atoms with Crippen LogP contribution in [0.3, 0.4) is 0 Å². The van der Waals surface area contributed by atoms with Crippen LogP contribution < -0.4 is 5.32 Å². The van der Waals surface area contributed by atoms with Gasteiger partial charge in [0.25, 0.3) is 0 Å². The summed E-state index contributed by atoms with van der Waals surface area (Å²) in [5, 5.41) is 13.0. The van der Waals surface area contributed by atoms with E-state index in [0.717, 1.165) is 19.6 Å². The number of hydrogen-bond donors (Lipinski definition) is 2. The van der Waals surface area contributed by atoms with Gasteiger partial charge in [0.15, 0.2) is 0 Å². The van der Waals surface area contributed by atoms with Gasteiger partial charge in [-0.2, -0.15) is 0 Å². The minimum absolute atomic E-state index is 0.0183. The van der Waals surface area contributed by atoms with Crippen molar-refractivity contribution < 1.29 is 9.84 Å². The predicted molar refractivity (Wildman–Crippen MR) is 77.3 cm³/mol. The third kappa shape index (κ3) is 4.15. The average molecular weight is 270 g/mol. The first kappa shape index (κ1) is 15.2. The third-order valence-corrected chi connectivity index (χ3v) is 4.42. The molecule has 2 aliphatic rings. The highest BCUT2D eigenvalue weighted by atomic mass is 16.5. The summed E-state index contributed by atoms with van der Waals surface area (Å²) in [6.07, 6.45) is 5.08. The summed E-state index contributed by atoms with van der Waals surface area (Å²) in [4.78, 5) is 2.55. The van der Waals surface area contributed by atoms with E-state index in [-0.39, 0.29) is 18.3 Å². The normalized spacial score (nSPS) is 36.3. The molecular formula is C15H30N2O2.